The van der Waals surface area contributed by atoms with Crippen LogP contribution in [0.15, 0.2) is 9.95 Å². The fourth-order valence-electron chi connectivity index (χ4n) is 8.15. The number of fused-ring (bicyclic) bond motifs is 3. The first-order valence-corrected chi connectivity index (χ1v) is 15.7. The van der Waals surface area contributed by atoms with Gasteiger partial charge in [-0.05, 0) is 113 Å². The number of hydrogen-bond acceptors (Lipinski definition) is 5. The monoisotopic (exact) mass is 513 g/mol. The van der Waals surface area contributed by atoms with Crippen LogP contribution in [0.2, 0.25) is 0 Å². The van der Waals surface area contributed by atoms with Gasteiger partial charge >= 0.3 is 0 Å². The molecular weight excluding hydrogens is 474 g/mol. The third kappa shape index (κ3) is 4.18. The van der Waals surface area contributed by atoms with Crippen LogP contribution in [0.4, 0.5) is 0 Å². The number of carbonyl (C=O) groups is 1. The number of thiophene rings is 1. The fourth-order valence-corrected chi connectivity index (χ4v) is 10.4. The molecule has 0 unspecified atom stereocenters. The first kappa shape index (κ1) is 24.0. The molecule has 1 N–H and O–H groups in total. The largest absolute Gasteiger partial charge is 0.352 e. The van der Waals surface area contributed by atoms with E-state index in [-0.39, 0.29) is 23.6 Å². The van der Waals surface area contributed by atoms with E-state index in [9.17, 15) is 9.59 Å². The molecule has 190 valence electrons. The van der Waals surface area contributed by atoms with Gasteiger partial charge in [0.2, 0.25) is 5.91 Å². The number of aromatic nitrogens is 2. The summed E-state index contributed by atoms with van der Waals surface area (Å²) in [5.74, 6) is 3.04. The molecule has 7 heteroatoms. The highest BCUT2D eigenvalue weighted by Gasteiger charge is 2.53. The minimum atomic E-state index is 0.0649. The van der Waals surface area contributed by atoms with Gasteiger partial charge < -0.3 is 5.32 Å². The smallest absolute Gasteiger partial charge is 0.263 e. The van der Waals surface area contributed by atoms with Gasteiger partial charge in [0.25, 0.3) is 5.56 Å². The number of thioether (sulfide) groups is 1. The van der Waals surface area contributed by atoms with Crippen LogP contribution in [-0.2, 0) is 17.6 Å². The number of rotatable bonds is 7. The van der Waals surface area contributed by atoms with E-state index in [1.807, 2.05) is 4.57 Å². The fraction of sp³-hybridized carbons (Fsp3) is 0.750. The SMILES string of the molecule is CC[C@@H](C)n1c(SCC(=O)N[C@@H](C)C23CC4CC(CC(C4)C2)C3)nc2sc3c(c2c1=O)CCCC3. The van der Waals surface area contributed by atoms with Gasteiger partial charge in [0.1, 0.15) is 4.83 Å². The van der Waals surface area contributed by atoms with Crippen molar-refractivity contribution < 1.29 is 4.79 Å². The van der Waals surface area contributed by atoms with Crippen LogP contribution in [0.3, 0.4) is 0 Å². The highest BCUT2D eigenvalue weighted by molar-refractivity contribution is 7.99. The number of nitrogens with one attached hydrogen (secondary N) is 1. The summed E-state index contributed by atoms with van der Waals surface area (Å²) in [6.45, 7) is 6.44. The van der Waals surface area contributed by atoms with Crippen LogP contribution in [0.1, 0.15) is 95.0 Å². The Kier molecular flexibility index (Phi) is 6.31. The third-order valence-corrected chi connectivity index (χ3v) is 11.9. The van der Waals surface area contributed by atoms with Crippen molar-refractivity contribution in [3.05, 3.63) is 20.8 Å². The summed E-state index contributed by atoms with van der Waals surface area (Å²) in [7, 11) is 0. The van der Waals surface area contributed by atoms with Crippen molar-refractivity contribution in [2.45, 2.75) is 109 Å². The molecule has 2 aromatic rings. The predicted octanol–water partition coefficient (Wildman–Crippen LogP) is 6.12. The summed E-state index contributed by atoms with van der Waals surface area (Å²) in [4.78, 5) is 34.0. The molecule has 0 saturated heterocycles. The molecule has 1 amide bonds. The minimum Gasteiger partial charge on any atom is -0.352 e. The minimum absolute atomic E-state index is 0.0649. The average molecular weight is 514 g/mol. The molecule has 4 fully saturated rings. The first-order valence-electron chi connectivity index (χ1n) is 13.9. The summed E-state index contributed by atoms with van der Waals surface area (Å²) < 4.78 is 1.87. The molecular formula is C28H39N3O2S2. The maximum atomic E-state index is 13.7. The van der Waals surface area contributed by atoms with Crippen molar-refractivity contribution in [3.8, 4) is 0 Å². The summed E-state index contributed by atoms with van der Waals surface area (Å²) in [5.41, 5.74) is 1.64. The number of nitrogens with zero attached hydrogens (tertiary/aromatic N) is 2. The second-order valence-electron chi connectivity index (χ2n) is 12.1. The second-order valence-corrected chi connectivity index (χ2v) is 14.1. The van der Waals surface area contributed by atoms with Gasteiger partial charge in [-0.25, -0.2) is 4.98 Å². The van der Waals surface area contributed by atoms with Crippen LogP contribution in [-0.4, -0.2) is 27.3 Å². The van der Waals surface area contributed by atoms with Gasteiger partial charge in [0.05, 0.1) is 11.1 Å². The van der Waals surface area contributed by atoms with Crippen molar-refractivity contribution in [2.75, 3.05) is 5.75 Å². The summed E-state index contributed by atoms with van der Waals surface area (Å²) >= 11 is 3.13. The van der Waals surface area contributed by atoms with Crippen molar-refractivity contribution in [1.82, 2.24) is 14.9 Å². The Morgan fingerprint density at radius 3 is 2.46 bits per heavy atom. The number of carbonyl (C=O) groups excluding carboxylic acids is 1. The number of aryl methyl sites for hydroxylation is 2. The van der Waals surface area contributed by atoms with Crippen LogP contribution in [0.5, 0.6) is 0 Å². The van der Waals surface area contributed by atoms with Crippen LogP contribution in [0.25, 0.3) is 10.2 Å². The van der Waals surface area contributed by atoms with E-state index in [2.05, 4.69) is 26.1 Å². The lowest BCUT2D eigenvalue weighted by Crippen LogP contribution is -2.56. The zero-order valence-electron chi connectivity index (χ0n) is 21.4. The van der Waals surface area contributed by atoms with E-state index in [0.717, 1.165) is 53.7 Å². The second kappa shape index (κ2) is 9.20. The zero-order valence-corrected chi connectivity index (χ0v) is 23.0. The molecule has 2 heterocycles. The lowest BCUT2D eigenvalue weighted by Gasteiger charge is -2.59. The Morgan fingerprint density at radius 2 is 1.80 bits per heavy atom. The maximum Gasteiger partial charge on any atom is 0.263 e. The topological polar surface area (TPSA) is 64.0 Å². The van der Waals surface area contributed by atoms with Crippen molar-refractivity contribution in [2.24, 2.45) is 23.2 Å². The third-order valence-electron chi connectivity index (χ3n) is 9.73. The lowest BCUT2D eigenvalue weighted by molar-refractivity contribution is -0.123. The summed E-state index contributed by atoms with van der Waals surface area (Å²) in [6, 6.07) is 0.287. The van der Waals surface area contributed by atoms with Crippen molar-refractivity contribution >= 4 is 39.2 Å². The van der Waals surface area contributed by atoms with E-state index in [0.29, 0.717) is 16.3 Å². The van der Waals surface area contributed by atoms with Gasteiger partial charge in [0.15, 0.2) is 5.16 Å². The normalized spacial score (nSPS) is 30.9. The van der Waals surface area contributed by atoms with E-state index < -0.39 is 0 Å². The first-order chi connectivity index (χ1) is 16.9. The van der Waals surface area contributed by atoms with E-state index in [4.69, 9.17) is 4.98 Å². The Bertz CT molecular complexity index is 1160. The molecule has 2 aromatic heterocycles. The molecule has 2 atom stereocenters. The molecule has 4 saturated carbocycles. The van der Waals surface area contributed by atoms with E-state index >= 15 is 0 Å². The van der Waals surface area contributed by atoms with E-state index in [1.54, 1.807) is 11.3 Å². The molecule has 5 aliphatic carbocycles. The molecule has 5 nitrogen and oxygen atoms in total. The highest BCUT2D eigenvalue weighted by Crippen LogP contribution is 2.61. The molecule has 7 rings (SSSR count). The Balaban J connectivity index is 1.21. The summed E-state index contributed by atoms with van der Waals surface area (Å²) in [5, 5.41) is 4.93. The van der Waals surface area contributed by atoms with E-state index in [1.165, 1.54) is 67.1 Å². The van der Waals surface area contributed by atoms with Crippen LogP contribution < -0.4 is 10.9 Å². The number of hydrogen-bond donors (Lipinski definition) is 1. The summed E-state index contributed by atoms with van der Waals surface area (Å²) in [6.07, 6.45) is 13.4. The molecule has 0 spiro atoms. The predicted molar refractivity (Wildman–Crippen MR) is 144 cm³/mol. The highest BCUT2D eigenvalue weighted by atomic mass is 32.2. The van der Waals surface area contributed by atoms with Gasteiger partial charge in [0, 0.05) is 17.0 Å². The Labute approximate surface area is 216 Å². The van der Waals surface area contributed by atoms with Gasteiger partial charge in [-0.2, -0.15) is 0 Å². The van der Waals surface area contributed by atoms with Crippen molar-refractivity contribution in [1.29, 1.82) is 0 Å². The Morgan fingerprint density at radius 1 is 1.14 bits per heavy atom. The average Bonchev–Trinajstić information content (AvgIpc) is 3.20. The van der Waals surface area contributed by atoms with Crippen LogP contribution >= 0.6 is 23.1 Å². The molecule has 35 heavy (non-hydrogen) atoms. The molecule has 5 aliphatic rings. The Hall–Kier alpha value is -1.34. The van der Waals surface area contributed by atoms with Gasteiger partial charge in [-0.15, -0.1) is 11.3 Å². The van der Waals surface area contributed by atoms with Crippen LogP contribution in [0, 0.1) is 23.2 Å². The van der Waals surface area contributed by atoms with Gasteiger partial charge in [-0.3, -0.25) is 14.2 Å². The maximum absolute atomic E-state index is 13.7. The molecule has 4 bridgehead atoms. The zero-order chi connectivity index (χ0) is 24.3. The molecule has 0 radical (unpaired) electrons. The van der Waals surface area contributed by atoms with Crippen molar-refractivity contribution in [3.63, 3.8) is 0 Å². The lowest BCUT2D eigenvalue weighted by atomic mass is 9.48. The van der Waals surface area contributed by atoms with Gasteiger partial charge in [-0.1, -0.05) is 18.7 Å². The number of amides is 1. The standard InChI is InChI=1S/C28H39N3O2S2/c1-4-16(2)31-26(33)24-21-7-5-6-8-22(21)35-25(24)30-27(31)34-15-23(32)29-17(3)28-12-18-9-19(13-28)11-20(10-18)14-28/h16-20H,4-15H2,1-3H3,(H,29,32)/t16-,17+,18?,19?,20?,28?/m1/s1. The molecule has 0 aliphatic heterocycles. The quantitative estimate of drug-likeness (QED) is 0.358. The molecule has 0 aromatic carbocycles.